The largest absolute Gasteiger partial charge is 0.332 e. The lowest BCUT2D eigenvalue weighted by Gasteiger charge is -2.30. The highest BCUT2D eigenvalue weighted by molar-refractivity contribution is 8.13. The van der Waals surface area contributed by atoms with Crippen LogP contribution in [0.4, 0.5) is 9.93 Å². The lowest BCUT2D eigenvalue weighted by atomic mass is 10.0. The maximum Gasteiger partial charge on any atom is 0.281 e. The molecule has 0 bridgehead atoms. The first-order valence-electron chi connectivity index (χ1n) is 8.48. The quantitative estimate of drug-likeness (QED) is 0.836. The molecule has 2 aliphatic heterocycles. The molecule has 1 aromatic rings. The topological polar surface area (TPSA) is 65.5 Å². The smallest absolute Gasteiger partial charge is 0.281 e. The van der Waals surface area contributed by atoms with Crippen LogP contribution in [-0.2, 0) is 11.3 Å². The Labute approximate surface area is 151 Å². The average molecular weight is 369 g/mol. The van der Waals surface area contributed by atoms with Gasteiger partial charge in [-0.05, 0) is 25.3 Å². The van der Waals surface area contributed by atoms with Crippen molar-refractivity contribution in [1.82, 2.24) is 14.8 Å². The first-order valence-corrected chi connectivity index (χ1v) is 10.3. The Bertz CT molecular complexity index is 592. The molecule has 0 aromatic carbocycles. The minimum atomic E-state index is -0.0767. The number of hydrogen-bond acceptors (Lipinski definition) is 6. The van der Waals surface area contributed by atoms with Gasteiger partial charge >= 0.3 is 0 Å². The van der Waals surface area contributed by atoms with Gasteiger partial charge in [0.15, 0.2) is 5.13 Å². The van der Waals surface area contributed by atoms with Gasteiger partial charge in [0.1, 0.15) is 0 Å². The summed E-state index contributed by atoms with van der Waals surface area (Å²) in [5.41, 5.74) is 1.02. The molecule has 0 radical (unpaired) electrons. The average Bonchev–Trinajstić information content (AvgIpc) is 3.14. The van der Waals surface area contributed by atoms with E-state index < -0.39 is 0 Å². The van der Waals surface area contributed by atoms with Gasteiger partial charge in [-0.3, -0.25) is 14.5 Å². The second-order valence-corrected chi connectivity index (χ2v) is 8.43. The van der Waals surface area contributed by atoms with E-state index in [0.717, 1.165) is 43.5 Å². The second-order valence-electron chi connectivity index (χ2n) is 6.53. The number of hydrogen-bond donors (Lipinski definition) is 1. The van der Waals surface area contributed by atoms with E-state index >= 15 is 0 Å². The number of thioether (sulfide) groups is 1. The number of rotatable bonds is 6. The molecule has 2 saturated heterocycles. The maximum absolute atomic E-state index is 12.0. The van der Waals surface area contributed by atoms with Crippen LogP contribution in [0.1, 0.15) is 31.9 Å². The highest BCUT2D eigenvalue weighted by Gasteiger charge is 2.21. The van der Waals surface area contributed by atoms with E-state index in [9.17, 15) is 9.59 Å². The van der Waals surface area contributed by atoms with Crippen LogP contribution in [0.25, 0.3) is 0 Å². The van der Waals surface area contributed by atoms with Gasteiger partial charge in [-0.15, -0.1) is 11.3 Å². The van der Waals surface area contributed by atoms with Gasteiger partial charge < -0.3 is 10.2 Å². The van der Waals surface area contributed by atoms with Crippen LogP contribution in [0.3, 0.4) is 0 Å². The van der Waals surface area contributed by atoms with Crippen LogP contribution in [0, 0.1) is 5.92 Å². The van der Waals surface area contributed by atoms with Gasteiger partial charge in [0, 0.05) is 43.7 Å². The molecule has 3 rings (SSSR count). The van der Waals surface area contributed by atoms with Gasteiger partial charge in [0.05, 0.1) is 5.69 Å². The Balaban J connectivity index is 1.43. The fourth-order valence-electron chi connectivity index (χ4n) is 3.14. The summed E-state index contributed by atoms with van der Waals surface area (Å²) in [5, 5.41) is 5.61. The molecule has 132 valence electrons. The van der Waals surface area contributed by atoms with Crippen molar-refractivity contribution in [1.29, 1.82) is 0 Å². The summed E-state index contributed by atoms with van der Waals surface area (Å²) in [4.78, 5) is 32.2. The van der Waals surface area contributed by atoms with E-state index in [1.54, 1.807) is 4.90 Å². The summed E-state index contributed by atoms with van der Waals surface area (Å²) in [6, 6.07) is 0. The van der Waals surface area contributed by atoms with E-state index in [1.807, 2.05) is 5.38 Å². The van der Waals surface area contributed by atoms with Crippen LogP contribution in [0.2, 0.25) is 0 Å². The van der Waals surface area contributed by atoms with Crippen molar-refractivity contribution in [2.75, 3.05) is 37.2 Å². The highest BCUT2D eigenvalue weighted by Crippen LogP contribution is 2.21. The first-order chi connectivity index (χ1) is 11.6. The number of carbonyl (C=O) groups is 2. The molecule has 2 amide bonds. The third kappa shape index (κ3) is 4.94. The first kappa shape index (κ1) is 17.7. The fraction of sp³-hybridized carbons (Fsp3) is 0.688. The molecule has 8 heteroatoms. The third-order valence-electron chi connectivity index (χ3n) is 4.38. The number of carbonyl (C=O) groups excluding carboxylic acids is 2. The van der Waals surface area contributed by atoms with Crippen LogP contribution in [0.5, 0.6) is 0 Å². The normalized spacial score (nSPS) is 22.1. The van der Waals surface area contributed by atoms with Gasteiger partial charge in [-0.1, -0.05) is 18.7 Å². The van der Waals surface area contributed by atoms with Gasteiger partial charge in [0.2, 0.25) is 5.91 Å². The number of amides is 2. The molecule has 1 unspecified atom stereocenters. The summed E-state index contributed by atoms with van der Waals surface area (Å²) >= 11 is 2.79. The SMILES string of the molecule is CC1CCCN(Cc2csc(NC(=O)CCN3CCSC3=O)n2)C1. The zero-order chi connectivity index (χ0) is 16.9. The molecule has 0 spiro atoms. The highest BCUT2D eigenvalue weighted by atomic mass is 32.2. The van der Waals surface area contributed by atoms with Crippen molar-refractivity contribution in [3.8, 4) is 0 Å². The lowest BCUT2D eigenvalue weighted by molar-refractivity contribution is -0.116. The minimum Gasteiger partial charge on any atom is -0.332 e. The zero-order valence-electron chi connectivity index (χ0n) is 14.0. The van der Waals surface area contributed by atoms with Gasteiger partial charge in [-0.25, -0.2) is 4.98 Å². The number of likely N-dealkylation sites (tertiary alicyclic amines) is 1. The Morgan fingerprint density at radius 1 is 1.46 bits per heavy atom. The van der Waals surface area contributed by atoms with Crippen LogP contribution < -0.4 is 5.32 Å². The predicted octanol–water partition coefficient (Wildman–Crippen LogP) is 2.87. The molecule has 3 heterocycles. The molecule has 1 aromatic heterocycles. The molecule has 24 heavy (non-hydrogen) atoms. The molecule has 1 N–H and O–H groups in total. The van der Waals surface area contributed by atoms with Gasteiger partial charge in [0.25, 0.3) is 5.24 Å². The monoisotopic (exact) mass is 368 g/mol. The standard InChI is InChI=1S/C16H24N4O2S2/c1-12-3-2-5-19(9-12)10-13-11-24-15(17-13)18-14(21)4-6-20-7-8-23-16(20)22/h11-12H,2-10H2,1H3,(H,17,18,21). The van der Waals surface area contributed by atoms with E-state index in [2.05, 4.69) is 22.1 Å². The fourth-order valence-corrected chi connectivity index (χ4v) is 4.71. The maximum atomic E-state index is 12.0. The van der Waals surface area contributed by atoms with Crippen LogP contribution in [-0.4, -0.2) is 57.9 Å². The summed E-state index contributed by atoms with van der Waals surface area (Å²) < 4.78 is 0. The Kier molecular flexibility index (Phi) is 6.13. The number of thiazole rings is 1. The van der Waals surface area contributed by atoms with Crippen molar-refractivity contribution in [2.45, 2.75) is 32.7 Å². The number of nitrogens with one attached hydrogen (secondary N) is 1. The number of piperidine rings is 1. The van der Waals surface area contributed by atoms with Crippen LogP contribution >= 0.6 is 23.1 Å². The van der Waals surface area contributed by atoms with E-state index in [-0.39, 0.29) is 11.1 Å². The molecular formula is C16H24N4O2S2. The summed E-state index contributed by atoms with van der Waals surface area (Å²) in [7, 11) is 0. The van der Waals surface area contributed by atoms with Crippen molar-refractivity contribution < 1.29 is 9.59 Å². The van der Waals surface area contributed by atoms with E-state index in [0.29, 0.717) is 18.1 Å². The van der Waals surface area contributed by atoms with E-state index in [1.165, 1.54) is 35.9 Å². The predicted molar refractivity (Wildman–Crippen MR) is 98.5 cm³/mol. The molecule has 1 atom stereocenters. The number of nitrogens with zero attached hydrogens (tertiary/aromatic N) is 3. The second kappa shape index (κ2) is 8.31. The molecule has 0 saturated carbocycles. The van der Waals surface area contributed by atoms with Gasteiger partial charge in [-0.2, -0.15) is 0 Å². The van der Waals surface area contributed by atoms with Crippen molar-refractivity contribution >= 4 is 39.4 Å². The molecule has 6 nitrogen and oxygen atoms in total. The Morgan fingerprint density at radius 2 is 2.33 bits per heavy atom. The summed E-state index contributed by atoms with van der Waals surface area (Å²) in [6.45, 7) is 6.64. The molecule has 2 aliphatic rings. The van der Waals surface area contributed by atoms with Crippen molar-refractivity contribution in [3.05, 3.63) is 11.1 Å². The molecular weight excluding hydrogens is 344 g/mol. The Hall–Kier alpha value is -1.12. The minimum absolute atomic E-state index is 0.0767. The number of anilines is 1. The van der Waals surface area contributed by atoms with Crippen LogP contribution in [0.15, 0.2) is 5.38 Å². The molecule has 0 aliphatic carbocycles. The Morgan fingerprint density at radius 3 is 3.08 bits per heavy atom. The lowest BCUT2D eigenvalue weighted by Crippen LogP contribution is -2.33. The molecule has 2 fully saturated rings. The van der Waals surface area contributed by atoms with E-state index in [4.69, 9.17) is 0 Å². The third-order valence-corrected chi connectivity index (χ3v) is 6.08. The summed E-state index contributed by atoms with van der Waals surface area (Å²) in [6.07, 6.45) is 2.89. The van der Waals surface area contributed by atoms with Crippen molar-refractivity contribution in [2.24, 2.45) is 5.92 Å². The summed E-state index contributed by atoms with van der Waals surface area (Å²) in [5.74, 6) is 1.50. The zero-order valence-corrected chi connectivity index (χ0v) is 15.6. The number of aromatic nitrogens is 1. The van der Waals surface area contributed by atoms with Crippen molar-refractivity contribution in [3.63, 3.8) is 0 Å².